The number of carbonyl (C=O) groups excluding carboxylic acids is 4. The van der Waals surface area contributed by atoms with Crippen molar-refractivity contribution in [3.8, 4) is 11.4 Å². The zero-order valence-electron chi connectivity index (χ0n) is 23.9. The maximum atomic E-state index is 13.3. The first-order valence-corrected chi connectivity index (χ1v) is 14.4. The third-order valence-electron chi connectivity index (χ3n) is 8.03. The van der Waals surface area contributed by atoms with Gasteiger partial charge in [0.1, 0.15) is 0 Å². The summed E-state index contributed by atoms with van der Waals surface area (Å²) in [5.41, 5.74) is 4.50. The number of hydrogen-bond donors (Lipinski definition) is 2. The summed E-state index contributed by atoms with van der Waals surface area (Å²) < 4.78 is 0. The first-order chi connectivity index (χ1) is 22.4. The molecule has 0 bridgehead atoms. The number of nitrogens with zero attached hydrogens (tertiary/aromatic N) is 3. The molecule has 9 nitrogen and oxygen atoms in total. The van der Waals surface area contributed by atoms with E-state index in [0.29, 0.717) is 61.7 Å². The summed E-state index contributed by atoms with van der Waals surface area (Å²) in [6.45, 7) is 0. The summed E-state index contributed by atoms with van der Waals surface area (Å²) in [6.07, 6.45) is 0. The van der Waals surface area contributed by atoms with E-state index in [-0.39, 0.29) is 35.0 Å². The summed E-state index contributed by atoms with van der Waals surface area (Å²) in [5.74, 6) is -0.141. The van der Waals surface area contributed by atoms with Crippen LogP contribution in [0.15, 0.2) is 115 Å². The average Bonchev–Trinajstić information content (AvgIpc) is 3.10. The molecule has 0 radical (unpaired) electrons. The van der Waals surface area contributed by atoms with Crippen molar-refractivity contribution < 1.29 is 19.2 Å². The van der Waals surface area contributed by atoms with E-state index in [0.717, 1.165) is 5.56 Å². The second-order valence-electron chi connectivity index (χ2n) is 10.9. The minimum atomic E-state index is -0.236. The molecule has 0 atom stereocenters. The van der Waals surface area contributed by atoms with Gasteiger partial charge < -0.3 is 10.6 Å². The Labute approximate surface area is 262 Å². The minimum absolute atomic E-state index is 0.185. The first kappa shape index (κ1) is 27.0. The lowest BCUT2D eigenvalue weighted by Crippen LogP contribution is -2.21. The molecule has 0 fully saturated rings. The van der Waals surface area contributed by atoms with Crippen LogP contribution in [0.1, 0.15) is 63.7 Å². The number of anilines is 4. The standard InChI is InChI=1S/C37H21N5O4/c43-31-23-10-4-6-12-25(23)33(45)29-18-21(14-16-27(29)31)38-36-40-35(20-8-2-1-3-9-20)41-37(42-36)39-22-15-17-28-30(19-22)34(46)26-13-7-5-11-24(26)32(28)44/h1-19H,(H2,38,39,40,41,42). The highest BCUT2D eigenvalue weighted by Crippen LogP contribution is 2.32. The lowest BCUT2D eigenvalue weighted by molar-refractivity contribution is 0.0979. The molecule has 8 rings (SSSR count). The number of rotatable bonds is 5. The van der Waals surface area contributed by atoms with Gasteiger partial charge in [-0.05, 0) is 36.4 Å². The Balaban J connectivity index is 1.15. The predicted molar refractivity (Wildman–Crippen MR) is 171 cm³/mol. The number of fused-ring (bicyclic) bond motifs is 4. The summed E-state index contributed by atoms with van der Waals surface area (Å²) in [5, 5.41) is 6.32. The van der Waals surface area contributed by atoms with Crippen LogP contribution in [0.3, 0.4) is 0 Å². The summed E-state index contributed by atoms with van der Waals surface area (Å²) in [4.78, 5) is 66.5. The van der Waals surface area contributed by atoms with Crippen LogP contribution in [0, 0.1) is 0 Å². The fourth-order valence-corrected chi connectivity index (χ4v) is 5.82. The van der Waals surface area contributed by atoms with E-state index in [1.54, 1.807) is 84.9 Å². The van der Waals surface area contributed by atoms with Crippen molar-refractivity contribution in [3.05, 3.63) is 160 Å². The topological polar surface area (TPSA) is 131 Å². The Morgan fingerprint density at radius 1 is 0.370 bits per heavy atom. The van der Waals surface area contributed by atoms with Crippen molar-refractivity contribution in [1.29, 1.82) is 0 Å². The van der Waals surface area contributed by atoms with Gasteiger partial charge in [-0.3, -0.25) is 19.2 Å². The van der Waals surface area contributed by atoms with Gasteiger partial charge in [-0.2, -0.15) is 15.0 Å². The van der Waals surface area contributed by atoms with Crippen LogP contribution in [0.25, 0.3) is 11.4 Å². The molecule has 9 heteroatoms. The number of benzene rings is 5. The van der Waals surface area contributed by atoms with Gasteiger partial charge in [0.15, 0.2) is 29.0 Å². The second-order valence-corrected chi connectivity index (χ2v) is 10.9. The molecule has 1 aromatic heterocycles. The van der Waals surface area contributed by atoms with Gasteiger partial charge >= 0.3 is 0 Å². The van der Waals surface area contributed by atoms with E-state index in [1.165, 1.54) is 0 Å². The van der Waals surface area contributed by atoms with Crippen LogP contribution in [-0.4, -0.2) is 38.1 Å². The zero-order valence-corrected chi connectivity index (χ0v) is 23.9. The summed E-state index contributed by atoms with van der Waals surface area (Å²) in [6, 6.07) is 32.8. The molecule has 0 amide bonds. The van der Waals surface area contributed by atoms with Crippen LogP contribution in [-0.2, 0) is 0 Å². The molecule has 0 saturated carbocycles. The molecule has 46 heavy (non-hydrogen) atoms. The van der Waals surface area contributed by atoms with Crippen molar-refractivity contribution in [2.45, 2.75) is 0 Å². The molecule has 2 N–H and O–H groups in total. The number of nitrogens with one attached hydrogen (secondary N) is 2. The molecule has 2 aliphatic carbocycles. The van der Waals surface area contributed by atoms with Crippen molar-refractivity contribution >= 4 is 46.4 Å². The van der Waals surface area contributed by atoms with Gasteiger partial charge in [0.25, 0.3) is 0 Å². The van der Waals surface area contributed by atoms with Crippen molar-refractivity contribution in [2.24, 2.45) is 0 Å². The molecule has 5 aromatic carbocycles. The Morgan fingerprint density at radius 3 is 1.17 bits per heavy atom. The largest absolute Gasteiger partial charge is 0.324 e. The van der Waals surface area contributed by atoms with Gasteiger partial charge in [-0.25, -0.2) is 0 Å². The van der Waals surface area contributed by atoms with Crippen molar-refractivity contribution in [1.82, 2.24) is 15.0 Å². The highest BCUT2D eigenvalue weighted by Gasteiger charge is 2.31. The third kappa shape index (κ3) is 4.46. The van der Waals surface area contributed by atoms with E-state index in [1.807, 2.05) is 30.3 Å². The molecule has 218 valence electrons. The quantitative estimate of drug-likeness (QED) is 0.225. The SMILES string of the molecule is O=C1c2ccccc2C(=O)c2cc(Nc3nc(Nc4ccc5c(c4)C(=O)c4ccccc4C5=O)nc(-c4ccccc4)n3)ccc21. The Morgan fingerprint density at radius 2 is 0.739 bits per heavy atom. The molecule has 0 aliphatic heterocycles. The zero-order chi connectivity index (χ0) is 31.4. The maximum absolute atomic E-state index is 13.3. The first-order valence-electron chi connectivity index (χ1n) is 14.4. The minimum Gasteiger partial charge on any atom is -0.324 e. The molecule has 1 heterocycles. The Bertz CT molecular complexity index is 2160. The lowest BCUT2D eigenvalue weighted by atomic mass is 9.84. The van der Waals surface area contributed by atoms with Gasteiger partial charge in [-0.15, -0.1) is 0 Å². The van der Waals surface area contributed by atoms with E-state index in [2.05, 4.69) is 25.6 Å². The number of carbonyl (C=O) groups is 4. The van der Waals surface area contributed by atoms with Crippen LogP contribution in [0.2, 0.25) is 0 Å². The molecule has 6 aromatic rings. The number of aromatic nitrogens is 3. The van der Waals surface area contributed by atoms with Gasteiger partial charge in [0.05, 0.1) is 0 Å². The fraction of sp³-hybridized carbons (Fsp3) is 0. The lowest BCUT2D eigenvalue weighted by Gasteiger charge is -2.19. The Kier molecular flexibility index (Phi) is 6.18. The van der Waals surface area contributed by atoms with E-state index in [4.69, 9.17) is 0 Å². The van der Waals surface area contributed by atoms with Crippen LogP contribution in [0.4, 0.5) is 23.3 Å². The monoisotopic (exact) mass is 599 g/mol. The van der Waals surface area contributed by atoms with Crippen LogP contribution in [0.5, 0.6) is 0 Å². The highest BCUT2D eigenvalue weighted by molar-refractivity contribution is 6.29. The average molecular weight is 600 g/mol. The van der Waals surface area contributed by atoms with Gasteiger partial charge in [-0.1, -0.05) is 78.9 Å². The van der Waals surface area contributed by atoms with Crippen molar-refractivity contribution in [3.63, 3.8) is 0 Å². The fourth-order valence-electron chi connectivity index (χ4n) is 5.82. The molecule has 0 unspecified atom stereocenters. The van der Waals surface area contributed by atoms with E-state index >= 15 is 0 Å². The highest BCUT2D eigenvalue weighted by atomic mass is 16.1. The van der Waals surface area contributed by atoms with E-state index in [9.17, 15) is 19.2 Å². The smallest absolute Gasteiger partial charge is 0.232 e. The Hall–Kier alpha value is -6.61. The summed E-state index contributed by atoms with van der Waals surface area (Å²) >= 11 is 0. The summed E-state index contributed by atoms with van der Waals surface area (Å²) in [7, 11) is 0. The maximum Gasteiger partial charge on any atom is 0.232 e. The van der Waals surface area contributed by atoms with Crippen LogP contribution < -0.4 is 10.6 Å². The van der Waals surface area contributed by atoms with E-state index < -0.39 is 0 Å². The van der Waals surface area contributed by atoms with Gasteiger partial charge in [0, 0.05) is 61.4 Å². The van der Waals surface area contributed by atoms with Gasteiger partial charge in [0.2, 0.25) is 11.9 Å². The number of ketones is 4. The molecule has 2 aliphatic rings. The van der Waals surface area contributed by atoms with Crippen molar-refractivity contribution in [2.75, 3.05) is 10.6 Å². The molecule has 0 saturated heterocycles. The second kappa shape index (κ2) is 10.5. The molecule has 0 spiro atoms. The molecular weight excluding hydrogens is 578 g/mol. The molecular formula is C37H21N5O4. The normalized spacial score (nSPS) is 13.0. The third-order valence-corrected chi connectivity index (χ3v) is 8.03. The van der Waals surface area contributed by atoms with Crippen LogP contribution >= 0.6 is 0 Å². The predicted octanol–water partition coefficient (Wildman–Crippen LogP) is 6.58. The number of hydrogen-bond acceptors (Lipinski definition) is 9.